The van der Waals surface area contributed by atoms with E-state index in [9.17, 15) is 24.2 Å². The Balaban J connectivity index is 1.22. The quantitative estimate of drug-likeness (QED) is 0.195. The summed E-state index contributed by atoms with van der Waals surface area (Å²) in [5, 5.41) is 21.6. The lowest BCUT2D eigenvalue weighted by atomic mass is 9.95. The number of fused-ring (bicyclic) bond motifs is 5. The van der Waals surface area contributed by atoms with Crippen LogP contribution in [0.2, 0.25) is 0 Å². The van der Waals surface area contributed by atoms with Gasteiger partial charge in [-0.1, -0.05) is 18.1 Å². The Kier molecular flexibility index (Phi) is 8.25. The highest BCUT2D eigenvalue weighted by Crippen LogP contribution is 2.42. The van der Waals surface area contributed by atoms with Crippen molar-refractivity contribution in [3.8, 4) is 35.4 Å². The number of aliphatic carboxylic acids is 1. The third-order valence-electron chi connectivity index (χ3n) is 11.5. The molecule has 4 aliphatic rings. The third-order valence-corrected chi connectivity index (χ3v) is 11.5. The summed E-state index contributed by atoms with van der Waals surface area (Å²) in [6.45, 7) is 4.95. The average molecular weight is 709 g/mol. The molecule has 0 saturated carbocycles. The number of carboxylic acid groups (broad SMARTS) is 1. The fraction of sp³-hybridized carbons (Fsp3) is 0.410. The molecular formula is C39H38F2N6O5. The molecule has 8 rings (SSSR count). The minimum Gasteiger partial charge on any atom is -0.508 e. The number of phenolic OH excluding ortho intramolecular Hbond substituents is 1. The highest BCUT2D eigenvalue weighted by atomic mass is 19.1. The first-order valence-electron chi connectivity index (χ1n) is 17.6. The lowest BCUT2D eigenvalue weighted by Gasteiger charge is -2.42. The minimum absolute atomic E-state index is 0.00304. The average Bonchev–Trinajstić information content (AvgIpc) is 3.75. The van der Waals surface area contributed by atoms with Crippen LogP contribution in [0, 0.1) is 18.2 Å². The monoisotopic (exact) mass is 708 g/mol. The number of amides is 1. The van der Waals surface area contributed by atoms with Crippen molar-refractivity contribution in [2.45, 2.75) is 69.7 Å². The molecule has 13 heteroatoms. The summed E-state index contributed by atoms with van der Waals surface area (Å²) >= 11 is 0. The number of nitrogens with zero attached hydrogens (tertiary/aromatic N) is 6. The second-order valence-electron chi connectivity index (χ2n) is 14.5. The molecule has 4 saturated heterocycles. The first-order valence-corrected chi connectivity index (χ1v) is 17.6. The van der Waals surface area contributed by atoms with Gasteiger partial charge in [-0.15, -0.1) is 6.42 Å². The molecule has 0 spiro atoms. The van der Waals surface area contributed by atoms with E-state index in [2.05, 4.69) is 20.8 Å². The Labute approximate surface area is 298 Å². The number of carboxylic acids is 1. The predicted molar refractivity (Wildman–Crippen MR) is 190 cm³/mol. The summed E-state index contributed by atoms with van der Waals surface area (Å²) in [4.78, 5) is 45.0. The highest BCUT2D eigenvalue weighted by molar-refractivity contribution is 6.03. The first-order chi connectivity index (χ1) is 25.0. The number of ether oxygens (including phenoxy) is 1. The number of halogens is 2. The van der Waals surface area contributed by atoms with Crippen LogP contribution in [-0.4, -0.2) is 103 Å². The van der Waals surface area contributed by atoms with Gasteiger partial charge >= 0.3 is 12.0 Å². The Morgan fingerprint density at radius 3 is 2.62 bits per heavy atom. The zero-order valence-corrected chi connectivity index (χ0v) is 28.9. The van der Waals surface area contributed by atoms with Crippen molar-refractivity contribution in [2.24, 2.45) is 0 Å². The molecule has 2 N–H and O–H groups in total. The lowest BCUT2D eigenvalue weighted by molar-refractivity contribution is -0.134. The third kappa shape index (κ3) is 5.48. The molecule has 268 valence electrons. The molecule has 4 aliphatic heterocycles. The molecular weight excluding hydrogens is 670 g/mol. The van der Waals surface area contributed by atoms with Crippen molar-refractivity contribution < 1.29 is 33.3 Å². The second-order valence-corrected chi connectivity index (χ2v) is 14.5. The van der Waals surface area contributed by atoms with E-state index in [0.717, 1.165) is 19.4 Å². The Hall–Kier alpha value is -5.35. The van der Waals surface area contributed by atoms with Crippen LogP contribution in [0.1, 0.15) is 51.5 Å². The number of aromatic nitrogens is 3. The smallest absolute Gasteiger partial charge is 0.331 e. The molecule has 52 heavy (non-hydrogen) atoms. The number of phenols is 1. The van der Waals surface area contributed by atoms with Crippen molar-refractivity contribution >= 4 is 39.4 Å². The van der Waals surface area contributed by atoms with Crippen molar-refractivity contribution in [3.05, 3.63) is 59.1 Å². The summed E-state index contributed by atoms with van der Waals surface area (Å²) in [6.07, 6.45) is 9.83. The van der Waals surface area contributed by atoms with Crippen LogP contribution in [0.25, 0.3) is 32.9 Å². The van der Waals surface area contributed by atoms with E-state index in [1.165, 1.54) is 26.1 Å². The van der Waals surface area contributed by atoms with Crippen LogP contribution >= 0.6 is 0 Å². The van der Waals surface area contributed by atoms with Gasteiger partial charge in [0.25, 0.3) is 5.91 Å². The molecule has 0 radical (unpaired) electrons. The number of pyridine rings is 1. The standard InChI is InChI=1S/C39H38F2N6O5/c1-4-23-7-5-8-24-13-28(48)14-29(31(23)24)33-32(41)34-30(16-42-33)35(44-38(43-34)52-20-39-11-6-12-46(39)17-25(40)15-39)45-18-26-9-10-27(19-45)47(26)36(49)21(2)22(3)37(50)51/h1,5,7-8,13-14,16,25-27,48H,6,9-12,15,17-20H2,2-3H3,(H,50,51)/b22-21-/t25-,26?,27?,39+/m1/s1. The van der Waals surface area contributed by atoms with Crippen LogP contribution in [0.4, 0.5) is 14.6 Å². The van der Waals surface area contributed by atoms with Gasteiger partial charge in [-0.3, -0.25) is 14.7 Å². The van der Waals surface area contributed by atoms with E-state index in [1.807, 2.05) is 4.90 Å². The number of hydrogen-bond acceptors (Lipinski definition) is 9. The Morgan fingerprint density at radius 2 is 1.88 bits per heavy atom. The SMILES string of the molecule is C#Cc1cccc2cc(O)cc(-c3ncc4c(N5CC6CCC(C5)N6C(=O)/C(C)=C(/C)C(=O)O)nc(OC[C@@]56CCCN5C[C@H](F)C6)nc4c3F)c12. The van der Waals surface area contributed by atoms with Crippen LogP contribution in [0.15, 0.2) is 47.7 Å². The van der Waals surface area contributed by atoms with E-state index in [0.29, 0.717) is 72.0 Å². The number of aromatic hydroxyl groups is 1. The fourth-order valence-corrected chi connectivity index (χ4v) is 8.80. The Bertz CT molecular complexity index is 2220. The topological polar surface area (TPSA) is 132 Å². The van der Waals surface area contributed by atoms with Crippen LogP contribution in [0.3, 0.4) is 0 Å². The molecule has 0 aliphatic carbocycles. The van der Waals surface area contributed by atoms with Gasteiger partial charge in [0.1, 0.15) is 35.6 Å². The number of alkyl halides is 1. The number of carbonyl (C=O) groups excluding carboxylic acids is 1. The fourth-order valence-electron chi connectivity index (χ4n) is 8.80. The van der Waals surface area contributed by atoms with Gasteiger partial charge in [0.2, 0.25) is 0 Å². The number of piperazine rings is 1. The van der Waals surface area contributed by atoms with E-state index >= 15 is 4.39 Å². The molecule has 11 nitrogen and oxygen atoms in total. The van der Waals surface area contributed by atoms with Gasteiger partial charge in [0.05, 0.1) is 23.0 Å². The van der Waals surface area contributed by atoms with Gasteiger partial charge in [-0.25, -0.2) is 13.6 Å². The largest absolute Gasteiger partial charge is 0.508 e. The highest BCUT2D eigenvalue weighted by Gasteiger charge is 2.50. The summed E-state index contributed by atoms with van der Waals surface area (Å²) in [7, 11) is 0. The molecule has 4 fully saturated rings. The van der Waals surface area contributed by atoms with Crippen molar-refractivity contribution in [1.82, 2.24) is 24.8 Å². The molecule has 2 unspecified atom stereocenters. The summed E-state index contributed by atoms with van der Waals surface area (Å²) < 4.78 is 37.9. The van der Waals surface area contributed by atoms with Crippen molar-refractivity contribution in [2.75, 3.05) is 37.7 Å². The maximum Gasteiger partial charge on any atom is 0.331 e. The zero-order valence-electron chi connectivity index (χ0n) is 28.9. The molecule has 6 heterocycles. The predicted octanol–water partition coefficient (Wildman–Crippen LogP) is 5.23. The number of rotatable bonds is 7. The summed E-state index contributed by atoms with van der Waals surface area (Å²) in [6, 6.07) is 7.73. The van der Waals surface area contributed by atoms with Crippen LogP contribution < -0.4 is 9.64 Å². The van der Waals surface area contributed by atoms with E-state index in [4.69, 9.17) is 16.1 Å². The normalized spacial score (nSPS) is 24.6. The maximum atomic E-state index is 17.0. The number of terminal acetylenes is 1. The molecule has 1 amide bonds. The number of hydrogen-bond donors (Lipinski definition) is 2. The number of carbonyl (C=O) groups is 2. The van der Waals surface area contributed by atoms with Crippen LogP contribution in [0.5, 0.6) is 11.8 Å². The summed E-state index contributed by atoms with van der Waals surface area (Å²) in [5.41, 5.74) is 0.411. The first kappa shape index (κ1) is 33.8. The molecule has 2 aromatic carbocycles. The van der Waals surface area contributed by atoms with Gasteiger partial charge in [0, 0.05) is 59.9 Å². The molecule has 2 bridgehead atoms. The van der Waals surface area contributed by atoms with Gasteiger partial charge in [-0.05, 0) is 69.7 Å². The van der Waals surface area contributed by atoms with Crippen molar-refractivity contribution in [3.63, 3.8) is 0 Å². The van der Waals surface area contributed by atoms with E-state index < -0.39 is 23.5 Å². The Morgan fingerprint density at radius 1 is 1.12 bits per heavy atom. The zero-order chi connectivity index (χ0) is 36.5. The molecule has 4 atom stereocenters. The van der Waals surface area contributed by atoms with Gasteiger partial charge in [0.15, 0.2) is 5.82 Å². The van der Waals surface area contributed by atoms with Gasteiger partial charge < -0.3 is 24.7 Å². The van der Waals surface area contributed by atoms with E-state index in [-0.39, 0.29) is 58.7 Å². The van der Waals surface area contributed by atoms with Crippen LogP contribution in [-0.2, 0) is 9.59 Å². The maximum absolute atomic E-state index is 17.0. The number of anilines is 1. The lowest BCUT2D eigenvalue weighted by Crippen LogP contribution is -2.56. The number of benzene rings is 2. The van der Waals surface area contributed by atoms with E-state index in [1.54, 1.807) is 29.2 Å². The second kappa shape index (κ2) is 12.7. The molecule has 2 aromatic heterocycles. The van der Waals surface area contributed by atoms with Gasteiger partial charge in [-0.2, -0.15) is 9.97 Å². The molecule has 4 aromatic rings. The van der Waals surface area contributed by atoms with Crippen molar-refractivity contribution in [1.29, 1.82) is 0 Å². The summed E-state index contributed by atoms with van der Waals surface area (Å²) in [5.74, 6) is 0.750. The minimum atomic E-state index is -1.14.